The molecule has 6 heteroatoms. The molecule has 15 heavy (non-hydrogen) atoms. The van der Waals surface area contributed by atoms with Gasteiger partial charge in [0.05, 0.1) is 18.8 Å². The van der Waals surface area contributed by atoms with Crippen molar-refractivity contribution in [3.8, 4) is 0 Å². The maximum absolute atomic E-state index is 10.8. The number of rotatable bonds is 2. The topological polar surface area (TPSA) is 99.0 Å². The monoisotopic (exact) mass is 219 g/mol. The molecule has 1 aliphatic heterocycles. The number of aliphatic hydroxyl groups excluding tert-OH is 3. The van der Waals surface area contributed by atoms with Crippen molar-refractivity contribution in [1.29, 1.82) is 0 Å². The number of nitrogens with one attached hydrogen (secondary N) is 1. The second-order valence-electron chi connectivity index (χ2n) is 3.82. The minimum atomic E-state index is -1.29. The molecule has 1 amide bonds. The number of hydrogen-bond acceptors (Lipinski definition) is 5. The first-order chi connectivity index (χ1) is 6.97. The van der Waals surface area contributed by atoms with Gasteiger partial charge in [0.2, 0.25) is 5.91 Å². The average molecular weight is 219 g/mol. The van der Waals surface area contributed by atoms with E-state index in [2.05, 4.69) is 5.32 Å². The molecule has 0 aromatic carbocycles. The van der Waals surface area contributed by atoms with Gasteiger partial charge in [0.25, 0.3) is 0 Å². The molecule has 1 fully saturated rings. The van der Waals surface area contributed by atoms with Crippen LogP contribution in [0.2, 0.25) is 0 Å². The van der Waals surface area contributed by atoms with Crippen molar-refractivity contribution < 1.29 is 24.9 Å². The van der Waals surface area contributed by atoms with Gasteiger partial charge in [-0.25, -0.2) is 0 Å². The van der Waals surface area contributed by atoms with Gasteiger partial charge in [0.1, 0.15) is 6.04 Å². The summed E-state index contributed by atoms with van der Waals surface area (Å²) in [7, 11) is 0. The summed E-state index contributed by atoms with van der Waals surface area (Å²) in [4.78, 5) is 10.8. The molecule has 1 saturated heterocycles. The van der Waals surface area contributed by atoms with Crippen LogP contribution in [0.5, 0.6) is 0 Å². The van der Waals surface area contributed by atoms with E-state index in [0.29, 0.717) is 0 Å². The van der Waals surface area contributed by atoms with E-state index in [1.165, 1.54) is 6.92 Å². The fraction of sp³-hybridized carbons (Fsp3) is 0.889. The molecule has 0 aliphatic carbocycles. The van der Waals surface area contributed by atoms with Crippen molar-refractivity contribution in [2.24, 2.45) is 5.92 Å². The molecule has 0 saturated carbocycles. The molecule has 0 bridgehead atoms. The molecule has 2 unspecified atom stereocenters. The lowest BCUT2D eigenvalue weighted by Crippen LogP contribution is -2.60. The normalized spacial score (nSPS) is 41.3. The molecule has 5 atom stereocenters. The third kappa shape index (κ3) is 2.66. The van der Waals surface area contributed by atoms with Gasteiger partial charge < -0.3 is 25.4 Å². The van der Waals surface area contributed by atoms with E-state index in [-0.39, 0.29) is 18.4 Å². The number of aliphatic hydroxyl groups is 3. The predicted octanol–water partition coefficient (Wildman–Crippen LogP) is -1.80. The lowest BCUT2D eigenvalue weighted by Gasteiger charge is -2.41. The molecular weight excluding hydrogens is 202 g/mol. The molecule has 0 aromatic rings. The summed E-state index contributed by atoms with van der Waals surface area (Å²) in [5.74, 6) is -0.702. The molecule has 0 aromatic heterocycles. The first kappa shape index (κ1) is 12.4. The van der Waals surface area contributed by atoms with Crippen molar-refractivity contribution in [2.75, 3.05) is 6.61 Å². The van der Waals surface area contributed by atoms with Crippen LogP contribution >= 0.6 is 0 Å². The van der Waals surface area contributed by atoms with Crippen molar-refractivity contribution in [3.63, 3.8) is 0 Å². The first-order valence-corrected chi connectivity index (χ1v) is 4.87. The van der Waals surface area contributed by atoms with Gasteiger partial charge >= 0.3 is 0 Å². The molecule has 0 radical (unpaired) electrons. The van der Waals surface area contributed by atoms with Gasteiger partial charge in [-0.2, -0.15) is 0 Å². The lowest BCUT2D eigenvalue weighted by atomic mass is 9.89. The molecule has 6 nitrogen and oxygen atoms in total. The molecule has 0 spiro atoms. The van der Waals surface area contributed by atoms with E-state index in [9.17, 15) is 15.0 Å². The van der Waals surface area contributed by atoms with Gasteiger partial charge in [-0.3, -0.25) is 4.79 Å². The standard InChI is InChI=1S/C9H17NO5/c1-4-6(3-11)15-9(14)7(8(4)13)10-5(2)12/h4,6-9,11,13-14H,3H2,1-2H3,(H,10,12)/t4-,6?,7?,8-,9-/m1/s1. The molecule has 88 valence electrons. The van der Waals surface area contributed by atoms with Gasteiger partial charge in [-0.05, 0) is 0 Å². The Labute approximate surface area is 87.9 Å². The second-order valence-corrected chi connectivity index (χ2v) is 3.82. The third-order valence-electron chi connectivity index (χ3n) is 2.66. The molecule has 1 aliphatic rings. The fourth-order valence-corrected chi connectivity index (χ4v) is 1.70. The summed E-state index contributed by atoms with van der Waals surface area (Å²) in [6.45, 7) is 2.70. The van der Waals surface area contributed by atoms with Crippen LogP contribution in [0, 0.1) is 5.92 Å². The zero-order valence-electron chi connectivity index (χ0n) is 8.75. The van der Waals surface area contributed by atoms with Crippen LogP contribution in [-0.4, -0.2) is 52.4 Å². The zero-order chi connectivity index (χ0) is 11.6. The molecule has 1 heterocycles. The van der Waals surface area contributed by atoms with E-state index in [1.54, 1.807) is 6.92 Å². The highest BCUT2D eigenvalue weighted by Crippen LogP contribution is 2.24. The molecule has 4 N–H and O–H groups in total. The van der Waals surface area contributed by atoms with E-state index < -0.39 is 24.5 Å². The van der Waals surface area contributed by atoms with Gasteiger partial charge in [-0.15, -0.1) is 0 Å². The Balaban J connectivity index is 2.70. The quantitative estimate of drug-likeness (QED) is 0.439. The fourth-order valence-electron chi connectivity index (χ4n) is 1.70. The summed E-state index contributed by atoms with van der Waals surface area (Å²) >= 11 is 0. The maximum Gasteiger partial charge on any atom is 0.217 e. The number of carbonyl (C=O) groups is 1. The van der Waals surface area contributed by atoms with Gasteiger partial charge in [0, 0.05) is 12.8 Å². The summed E-state index contributed by atoms with van der Waals surface area (Å²) in [6, 6.07) is -0.847. The summed E-state index contributed by atoms with van der Waals surface area (Å²) < 4.78 is 5.06. The Morgan fingerprint density at radius 1 is 1.47 bits per heavy atom. The largest absolute Gasteiger partial charge is 0.394 e. The van der Waals surface area contributed by atoms with Crippen LogP contribution in [0.3, 0.4) is 0 Å². The minimum Gasteiger partial charge on any atom is -0.394 e. The van der Waals surface area contributed by atoms with Gasteiger partial charge in [-0.1, -0.05) is 6.92 Å². The smallest absolute Gasteiger partial charge is 0.217 e. The van der Waals surface area contributed by atoms with Crippen molar-refractivity contribution in [2.45, 2.75) is 38.4 Å². The molecular formula is C9H17NO5. The Morgan fingerprint density at radius 2 is 2.07 bits per heavy atom. The SMILES string of the molecule is CC(=O)NC1[C@H](O)OC(CO)[C@@H](C)[C@H]1O. The van der Waals surface area contributed by atoms with Crippen molar-refractivity contribution in [1.82, 2.24) is 5.32 Å². The summed E-state index contributed by atoms with van der Waals surface area (Å²) in [5, 5.41) is 30.6. The average Bonchev–Trinajstić information content (AvgIpc) is 2.18. The third-order valence-corrected chi connectivity index (χ3v) is 2.66. The van der Waals surface area contributed by atoms with Crippen LogP contribution in [0.4, 0.5) is 0 Å². The van der Waals surface area contributed by atoms with Crippen LogP contribution in [0.25, 0.3) is 0 Å². The van der Waals surface area contributed by atoms with Crippen LogP contribution in [0.1, 0.15) is 13.8 Å². The zero-order valence-corrected chi connectivity index (χ0v) is 8.75. The first-order valence-electron chi connectivity index (χ1n) is 4.87. The lowest BCUT2D eigenvalue weighted by molar-refractivity contribution is -0.235. The Hall–Kier alpha value is -0.690. The minimum absolute atomic E-state index is 0.276. The maximum atomic E-state index is 10.8. The second kappa shape index (κ2) is 4.89. The van der Waals surface area contributed by atoms with E-state index in [1.807, 2.05) is 0 Å². The Bertz CT molecular complexity index is 235. The number of carbonyl (C=O) groups excluding carboxylic acids is 1. The van der Waals surface area contributed by atoms with E-state index in [4.69, 9.17) is 9.84 Å². The highest BCUT2D eigenvalue weighted by Gasteiger charge is 2.42. The van der Waals surface area contributed by atoms with E-state index in [0.717, 1.165) is 0 Å². The van der Waals surface area contributed by atoms with Gasteiger partial charge in [0.15, 0.2) is 6.29 Å². The summed E-state index contributed by atoms with van der Waals surface area (Å²) in [6.07, 6.45) is -2.84. The van der Waals surface area contributed by atoms with Crippen LogP contribution < -0.4 is 5.32 Å². The highest BCUT2D eigenvalue weighted by molar-refractivity contribution is 5.73. The van der Waals surface area contributed by atoms with Crippen LogP contribution in [-0.2, 0) is 9.53 Å². The number of hydrogen-bond donors (Lipinski definition) is 4. The highest BCUT2D eigenvalue weighted by atomic mass is 16.6. The van der Waals surface area contributed by atoms with E-state index >= 15 is 0 Å². The number of ether oxygens (including phenoxy) is 1. The number of amides is 1. The Morgan fingerprint density at radius 3 is 2.53 bits per heavy atom. The van der Waals surface area contributed by atoms with Crippen molar-refractivity contribution in [3.05, 3.63) is 0 Å². The Kier molecular flexibility index (Phi) is 4.04. The predicted molar refractivity (Wildman–Crippen MR) is 50.7 cm³/mol. The van der Waals surface area contributed by atoms with Crippen molar-refractivity contribution >= 4 is 5.91 Å². The summed E-state index contributed by atoms with van der Waals surface area (Å²) in [5.41, 5.74) is 0. The van der Waals surface area contributed by atoms with Crippen LogP contribution in [0.15, 0.2) is 0 Å². The molecule has 1 rings (SSSR count).